The van der Waals surface area contributed by atoms with Crippen molar-refractivity contribution in [3.63, 3.8) is 0 Å². The third kappa shape index (κ3) is 4.44. The lowest BCUT2D eigenvalue weighted by atomic mass is 9.98. The summed E-state index contributed by atoms with van der Waals surface area (Å²) in [6, 6.07) is 8.22. The maximum atomic E-state index is 11.1. The Morgan fingerprint density at radius 1 is 1.48 bits per heavy atom. The fourth-order valence-corrected chi connectivity index (χ4v) is 2.83. The van der Waals surface area contributed by atoms with E-state index in [4.69, 9.17) is 10.2 Å². The first-order chi connectivity index (χ1) is 10.1. The van der Waals surface area contributed by atoms with Gasteiger partial charge in [-0.05, 0) is 37.1 Å². The number of nitrogens with zero attached hydrogens (tertiary/aromatic N) is 2. The molecular weight excluding hydrogens is 268 g/mol. The van der Waals surface area contributed by atoms with E-state index in [1.807, 2.05) is 24.1 Å². The maximum absolute atomic E-state index is 11.1. The van der Waals surface area contributed by atoms with Crippen LogP contribution in [0, 0.1) is 5.92 Å². The third-order valence-corrected chi connectivity index (χ3v) is 4.05. The molecule has 0 saturated carbocycles. The second-order valence-corrected chi connectivity index (χ2v) is 5.73. The van der Waals surface area contributed by atoms with Crippen molar-refractivity contribution in [3.8, 4) is 0 Å². The molecule has 5 nitrogen and oxygen atoms in total. The molecule has 5 heteroatoms. The Hall–Kier alpha value is -1.59. The summed E-state index contributed by atoms with van der Waals surface area (Å²) >= 11 is 0. The molecule has 1 aliphatic heterocycles. The monoisotopic (exact) mass is 292 g/mol. The van der Waals surface area contributed by atoms with Crippen LogP contribution in [0.1, 0.15) is 18.4 Å². The van der Waals surface area contributed by atoms with Gasteiger partial charge in [0.05, 0.1) is 12.5 Å². The van der Waals surface area contributed by atoms with Crippen molar-refractivity contribution >= 4 is 11.7 Å². The lowest BCUT2D eigenvalue weighted by Crippen LogP contribution is -2.38. The average Bonchev–Trinajstić information content (AvgIpc) is 2.48. The van der Waals surface area contributed by atoms with E-state index in [9.17, 15) is 4.79 Å². The van der Waals surface area contributed by atoms with Crippen LogP contribution in [0.5, 0.6) is 0 Å². The molecule has 2 rings (SSSR count). The topological polar surface area (TPSA) is 64.0 Å². The molecule has 1 saturated heterocycles. The zero-order chi connectivity index (χ0) is 15.2. The van der Waals surface area contributed by atoms with Crippen LogP contribution in [0.2, 0.25) is 0 Å². The van der Waals surface area contributed by atoms with Gasteiger partial charge in [-0.25, -0.2) is 0 Å². The van der Waals surface area contributed by atoms with Crippen molar-refractivity contribution < 1.29 is 15.0 Å². The standard InChI is InChI=1S/C16H24N2O3/c1-17(8-9-19)15-6-2-4-13(10-15)11-18-7-3-5-14(12-18)16(20)21/h2,4,6,10,14,19H,3,5,7-9,11-12H2,1H3,(H,20,21). The van der Waals surface area contributed by atoms with Crippen LogP contribution in [0.15, 0.2) is 24.3 Å². The summed E-state index contributed by atoms with van der Waals surface area (Å²) in [5, 5.41) is 18.1. The van der Waals surface area contributed by atoms with Gasteiger partial charge in [-0.15, -0.1) is 0 Å². The van der Waals surface area contributed by atoms with Gasteiger partial charge in [0.15, 0.2) is 0 Å². The number of carbonyl (C=O) groups is 1. The number of aliphatic hydroxyl groups is 1. The minimum Gasteiger partial charge on any atom is -0.481 e. The predicted molar refractivity (Wildman–Crippen MR) is 82.4 cm³/mol. The van der Waals surface area contributed by atoms with Gasteiger partial charge in [0.25, 0.3) is 0 Å². The van der Waals surface area contributed by atoms with Crippen molar-refractivity contribution in [1.29, 1.82) is 0 Å². The van der Waals surface area contributed by atoms with E-state index < -0.39 is 5.97 Å². The molecule has 21 heavy (non-hydrogen) atoms. The molecular formula is C16H24N2O3. The number of likely N-dealkylation sites (tertiary alicyclic amines) is 1. The van der Waals surface area contributed by atoms with Crippen molar-refractivity contribution in [2.45, 2.75) is 19.4 Å². The van der Waals surface area contributed by atoms with E-state index in [-0.39, 0.29) is 12.5 Å². The summed E-state index contributed by atoms with van der Waals surface area (Å²) in [6.45, 7) is 3.11. The fraction of sp³-hybridized carbons (Fsp3) is 0.562. The molecule has 1 fully saturated rings. The molecule has 0 spiro atoms. The number of rotatable bonds is 6. The molecule has 1 aromatic carbocycles. The van der Waals surface area contributed by atoms with E-state index >= 15 is 0 Å². The third-order valence-electron chi connectivity index (χ3n) is 4.05. The summed E-state index contributed by atoms with van der Waals surface area (Å²) in [5.41, 5.74) is 2.26. The van der Waals surface area contributed by atoms with Crippen LogP contribution >= 0.6 is 0 Å². The molecule has 1 unspecified atom stereocenters. The SMILES string of the molecule is CN(CCO)c1cccc(CN2CCCC(C(=O)O)C2)c1. The van der Waals surface area contributed by atoms with Gasteiger partial charge in [0.2, 0.25) is 0 Å². The van der Waals surface area contributed by atoms with E-state index in [1.165, 1.54) is 5.56 Å². The van der Waals surface area contributed by atoms with Gasteiger partial charge in [0.1, 0.15) is 0 Å². The molecule has 2 N–H and O–H groups in total. The van der Waals surface area contributed by atoms with E-state index in [0.29, 0.717) is 13.1 Å². The Labute approximate surface area is 125 Å². The molecule has 0 amide bonds. The summed E-state index contributed by atoms with van der Waals surface area (Å²) in [5.74, 6) is -0.921. The van der Waals surface area contributed by atoms with Gasteiger partial charge < -0.3 is 15.1 Å². The highest BCUT2D eigenvalue weighted by molar-refractivity contribution is 5.70. The second-order valence-electron chi connectivity index (χ2n) is 5.73. The molecule has 0 bridgehead atoms. The molecule has 0 aromatic heterocycles. The van der Waals surface area contributed by atoms with Gasteiger partial charge >= 0.3 is 5.97 Å². The van der Waals surface area contributed by atoms with Crippen LogP contribution < -0.4 is 4.90 Å². The van der Waals surface area contributed by atoms with E-state index in [2.05, 4.69) is 17.0 Å². The molecule has 1 aliphatic rings. The van der Waals surface area contributed by atoms with E-state index in [0.717, 1.165) is 31.6 Å². The smallest absolute Gasteiger partial charge is 0.307 e. The molecule has 0 radical (unpaired) electrons. The number of carboxylic acids is 1. The largest absolute Gasteiger partial charge is 0.481 e. The normalized spacial score (nSPS) is 19.4. The number of hydrogen-bond acceptors (Lipinski definition) is 4. The predicted octanol–water partition coefficient (Wildman–Crippen LogP) is 1.41. The Bertz CT molecular complexity index is 478. The van der Waals surface area contributed by atoms with Gasteiger partial charge in [0, 0.05) is 32.4 Å². The van der Waals surface area contributed by atoms with Crippen LogP contribution in [-0.4, -0.2) is 54.4 Å². The van der Waals surface area contributed by atoms with Crippen LogP contribution in [0.4, 0.5) is 5.69 Å². The first-order valence-electron chi connectivity index (χ1n) is 7.46. The second kappa shape index (κ2) is 7.43. The lowest BCUT2D eigenvalue weighted by Gasteiger charge is -2.30. The number of aliphatic hydroxyl groups excluding tert-OH is 1. The van der Waals surface area contributed by atoms with Crippen LogP contribution in [0.25, 0.3) is 0 Å². The highest BCUT2D eigenvalue weighted by Gasteiger charge is 2.25. The van der Waals surface area contributed by atoms with Gasteiger partial charge in [-0.1, -0.05) is 12.1 Å². The summed E-state index contributed by atoms with van der Waals surface area (Å²) < 4.78 is 0. The van der Waals surface area contributed by atoms with Crippen molar-refractivity contribution in [2.75, 3.05) is 38.2 Å². The number of carboxylic acid groups (broad SMARTS) is 1. The number of benzene rings is 1. The van der Waals surface area contributed by atoms with E-state index in [1.54, 1.807) is 0 Å². The molecule has 116 valence electrons. The molecule has 0 aliphatic carbocycles. The van der Waals surface area contributed by atoms with Crippen molar-refractivity contribution in [3.05, 3.63) is 29.8 Å². The number of aliphatic carboxylic acids is 1. The van der Waals surface area contributed by atoms with Crippen molar-refractivity contribution in [2.24, 2.45) is 5.92 Å². The van der Waals surface area contributed by atoms with Crippen LogP contribution in [0.3, 0.4) is 0 Å². The first kappa shape index (κ1) is 15.8. The number of hydrogen-bond donors (Lipinski definition) is 2. The summed E-state index contributed by atoms with van der Waals surface area (Å²) in [4.78, 5) is 15.3. The zero-order valence-electron chi connectivity index (χ0n) is 12.5. The molecule has 1 atom stereocenters. The first-order valence-corrected chi connectivity index (χ1v) is 7.46. The number of likely N-dealkylation sites (N-methyl/N-ethyl adjacent to an activating group) is 1. The van der Waals surface area contributed by atoms with Gasteiger partial charge in [-0.3, -0.25) is 9.69 Å². The lowest BCUT2D eigenvalue weighted by molar-refractivity contribution is -0.143. The average molecular weight is 292 g/mol. The quantitative estimate of drug-likeness (QED) is 0.830. The summed E-state index contributed by atoms with van der Waals surface area (Å²) in [6.07, 6.45) is 1.73. The van der Waals surface area contributed by atoms with Crippen molar-refractivity contribution in [1.82, 2.24) is 4.90 Å². The molecule has 1 aromatic rings. The number of anilines is 1. The summed E-state index contributed by atoms with van der Waals surface area (Å²) in [7, 11) is 1.96. The molecule has 1 heterocycles. The minimum absolute atomic E-state index is 0.132. The van der Waals surface area contributed by atoms with Gasteiger partial charge in [-0.2, -0.15) is 0 Å². The number of piperidine rings is 1. The Morgan fingerprint density at radius 2 is 2.29 bits per heavy atom. The van der Waals surface area contributed by atoms with Crippen LogP contribution in [-0.2, 0) is 11.3 Å². The highest BCUT2D eigenvalue weighted by atomic mass is 16.4. The fourth-order valence-electron chi connectivity index (χ4n) is 2.83. The Kier molecular flexibility index (Phi) is 5.59. The Balaban J connectivity index is 1.99. The maximum Gasteiger partial charge on any atom is 0.307 e. The zero-order valence-corrected chi connectivity index (χ0v) is 12.5. The highest BCUT2D eigenvalue weighted by Crippen LogP contribution is 2.21. The minimum atomic E-state index is -0.684. The Morgan fingerprint density at radius 3 is 3.00 bits per heavy atom.